The molecule has 0 saturated carbocycles. The second-order valence-electron chi connectivity index (χ2n) is 4.36. The lowest BCUT2D eigenvalue weighted by atomic mass is 10.2. The first-order valence-electron chi connectivity index (χ1n) is 6.30. The predicted molar refractivity (Wildman–Crippen MR) is 76.8 cm³/mol. The minimum atomic E-state index is 0.895. The van der Waals surface area contributed by atoms with Crippen LogP contribution in [0.3, 0.4) is 0 Å². The summed E-state index contributed by atoms with van der Waals surface area (Å²) >= 11 is 1.78. The minimum Gasteiger partial charge on any atom is -0.315 e. The summed E-state index contributed by atoms with van der Waals surface area (Å²) in [6, 6.07) is 2.04. The van der Waals surface area contributed by atoms with Crippen LogP contribution in [0.5, 0.6) is 0 Å². The molecule has 0 aliphatic heterocycles. The van der Waals surface area contributed by atoms with E-state index < -0.39 is 0 Å². The van der Waals surface area contributed by atoms with Crippen LogP contribution < -0.4 is 5.32 Å². The topological polar surface area (TPSA) is 37.8 Å². The minimum absolute atomic E-state index is 0.895. The molecule has 0 spiro atoms. The molecule has 96 valence electrons. The van der Waals surface area contributed by atoms with E-state index >= 15 is 0 Å². The van der Waals surface area contributed by atoms with Gasteiger partial charge in [0.25, 0.3) is 0 Å². The first kappa shape index (κ1) is 13.2. The summed E-state index contributed by atoms with van der Waals surface area (Å²) in [6.45, 7) is 5.19. The Balaban J connectivity index is 2.40. The number of pyridine rings is 1. The summed E-state index contributed by atoms with van der Waals surface area (Å²) < 4.78 is 0. The van der Waals surface area contributed by atoms with Crippen molar-refractivity contribution in [2.75, 3.05) is 7.05 Å². The van der Waals surface area contributed by atoms with Crippen LogP contribution in [0.1, 0.15) is 29.5 Å². The molecule has 1 N–H and O–H groups in total. The molecule has 0 fully saturated rings. The monoisotopic (exact) mass is 261 g/mol. The third-order valence-corrected chi connectivity index (χ3v) is 4.00. The van der Waals surface area contributed by atoms with E-state index in [0.717, 1.165) is 30.0 Å². The van der Waals surface area contributed by atoms with Gasteiger partial charge in [-0.25, -0.2) is 4.98 Å². The number of thiazole rings is 1. The second kappa shape index (κ2) is 6.07. The summed E-state index contributed by atoms with van der Waals surface area (Å²) in [6.07, 6.45) is 5.92. The average molecular weight is 261 g/mol. The van der Waals surface area contributed by atoms with Crippen molar-refractivity contribution in [2.45, 2.75) is 33.2 Å². The normalized spacial score (nSPS) is 10.8. The zero-order valence-corrected chi connectivity index (χ0v) is 12.0. The molecule has 0 amide bonds. The molecule has 0 aromatic carbocycles. The summed E-state index contributed by atoms with van der Waals surface area (Å²) in [5, 5.41) is 4.31. The molecule has 0 unspecified atom stereocenters. The molecule has 2 rings (SSSR count). The quantitative estimate of drug-likeness (QED) is 0.898. The summed E-state index contributed by atoms with van der Waals surface area (Å²) in [5.41, 5.74) is 3.62. The molecule has 3 nitrogen and oxygen atoms in total. The fraction of sp³-hybridized carbons (Fsp3) is 0.429. The highest BCUT2D eigenvalue weighted by Crippen LogP contribution is 2.30. The van der Waals surface area contributed by atoms with E-state index in [9.17, 15) is 0 Å². The van der Waals surface area contributed by atoms with E-state index in [1.807, 2.05) is 25.5 Å². The van der Waals surface area contributed by atoms with Crippen molar-refractivity contribution in [1.82, 2.24) is 15.3 Å². The molecule has 2 aromatic rings. The molecule has 0 saturated heterocycles. The molecule has 0 aliphatic rings. The highest BCUT2D eigenvalue weighted by molar-refractivity contribution is 7.15. The Bertz CT molecular complexity index is 496. The van der Waals surface area contributed by atoms with Gasteiger partial charge in [0.1, 0.15) is 5.01 Å². The first-order valence-corrected chi connectivity index (χ1v) is 7.12. The van der Waals surface area contributed by atoms with Gasteiger partial charge >= 0.3 is 0 Å². The Morgan fingerprint density at radius 3 is 2.89 bits per heavy atom. The van der Waals surface area contributed by atoms with Crippen LogP contribution in [0.4, 0.5) is 0 Å². The van der Waals surface area contributed by atoms with Gasteiger partial charge in [-0.3, -0.25) is 4.98 Å². The van der Waals surface area contributed by atoms with Gasteiger partial charge in [0, 0.05) is 29.4 Å². The van der Waals surface area contributed by atoms with Crippen LogP contribution in [0.2, 0.25) is 0 Å². The number of hydrogen-bond donors (Lipinski definition) is 1. The third-order valence-electron chi connectivity index (χ3n) is 2.87. The van der Waals surface area contributed by atoms with Crippen LogP contribution in [-0.2, 0) is 13.0 Å². The van der Waals surface area contributed by atoms with Crippen LogP contribution in [0.15, 0.2) is 18.5 Å². The lowest BCUT2D eigenvalue weighted by molar-refractivity contribution is 0.798. The van der Waals surface area contributed by atoms with Crippen LogP contribution in [0.25, 0.3) is 10.6 Å². The number of aryl methyl sites for hydroxylation is 2. The Morgan fingerprint density at radius 1 is 1.39 bits per heavy atom. The van der Waals surface area contributed by atoms with E-state index in [1.165, 1.54) is 16.1 Å². The van der Waals surface area contributed by atoms with Gasteiger partial charge in [-0.2, -0.15) is 0 Å². The zero-order chi connectivity index (χ0) is 13.0. The lowest BCUT2D eigenvalue weighted by Crippen LogP contribution is -2.05. The number of nitrogens with one attached hydrogen (secondary N) is 1. The van der Waals surface area contributed by atoms with Crippen molar-refractivity contribution in [3.63, 3.8) is 0 Å². The molecule has 0 bridgehead atoms. The number of hydrogen-bond acceptors (Lipinski definition) is 4. The van der Waals surface area contributed by atoms with Crippen molar-refractivity contribution < 1.29 is 0 Å². The fourth-order valence-corrected chi connectivity index (χ4v) is 3.11. The molecular formula is C14H19N3S. The SMILES string of the molecule is CCCc1nc(-c2cnccc2C)sc1CNC. The van der Waals surface area contributed by atoms with Crippen LogP contribution >= 0.6 is 11.3 Å². The highest BCUT2D eigenvalue weighted by atomic mass is 32.1. The van der Waals surface area contributed by atoms with E-state index in [-0.39, 0.29) is 0 Å². The molecule has 0 radical (unpaired) electrons. The maximum Gasteiger partial charge on any atom is 0.125 e. The highest BCUT2D eigenvalue weighted by Gasteiger charge is 2.12. The zero-order valence-electron chi connectivity index (χ0n) is 11.2. The third kappa shape index (κ3) is 2.76. The smallest absolute Gasteiger partial charge is 0.125 e. The number of aromatic nitrogens is 2. The van der Waals surface area contributed by atoms with Crippen LogP contribution in [0, 0.1) is 6.92 Å². The largest absolute Gasteiger partial charge is 0.315 e. The van der Waals surface area contributed by atoms with E-state index in [0.29, 0.717) is 0 Å². The molecular weight excluding hydrogens is 242 g/mol. The van der Waals surface area contributed by atoms with Gasteiger partial charge in [-0.1, -0.05) is 13.3 Å². The molecule has 0 aliphatic carbocycles. The van der Waals surface area contributed by atoms with Gasteiger partial charge in [0.05, 0.1) is 5.69 Å². The second-order valence-corrected chi connectivity index (χ2v) is 5.44. The van der Waals surface area contributed by atoms with E-state index in [1.54, 1.807) is 11.3 Å². The Morgan fingerprint density at radius 2 is 2.22 bits per heavy atom. The number of rotatable bonds is 5. The fourth-order valence-electron chi connectivity index (χ4n) is 1.92. The van der Waals surface area contributed by atoms with E-state index in [4.69, 9.17) is 4.98 Å². The van der Waals surface area contributed by atoms with Crippen molar-refractivity contribution in [1.29, 1.82) is 0 Å². The number of nitrogens with zero attached hydrogens (tertiary/aromatic N) is 2. The standard InChI is InChI=1S/C14H19N3S/c1-4-5-12-13(9-15-3)18-14(17-12)11-8-16-7-6-10(11)2/h6-8,15H,4-5,9H2,1-3H3. The molecule has 0 atom stereocenters. The molecule has 18 heavy (non-hydrogen) atoms. The van der Waals surface area contributed by atoms with Gasteiger partial charge in [-0.15, -0.1) is 11.3 Å². The van der Waals surface area contributed by atoms with Crippen molar-refractivity contribution in [3.8, 4) is 10.6 Å². The first-order chi connectivity index (χ1) is 8.76. The Kier molecular flexibility index (Phi) is 4.44. The molecule has 2 heterocycles. The van der Waals surface area contributed by atoms with Gasteiger partial charge < -0.3 is 5.32 Å². The Labute approximate surface area is 112 Å². The maximum atomic E-state index is 4.79. The Hall–Kier alpha value is -1.26. The van der Waals surface area contributed by atoms with Gasteiger partial charge in [0.2, 0.25) is 0 Å². The van der Waals surface area contributed by atoms with Crippen molar-refractivity contribution in [3.05, 3.63) is 34.6 Å². The van der Waals surface area contributed by atoms with Gasteiger partial charge in [0.15, 0.2) is 0 Å². The lowest BCUT2D eigenvalue weighted by Gasteiger charge is -1.99. The summed E-state index contributed by atoms with van der Waals surface area (Å²) in [5.74, 6) is 0. The molecule has 4 heteroatoms. The average Bonchev–Trinajstić information content (AvgIpc) is 2.74. The summed E-state index contributed by atoms with van der Waals surface area (Å²) in [7, 11) is 1.98. The van der Waals surface area contributed by atoms with E-state index in [2.05, 4.69) is 24.1 Å². The molecule has 2 aromatic heterocycles. The predicted octanol–water partition coefficient (Wildman–Crippen LogP) is 3.19. The summed E-state index contributed by atoms with van der Waals surface area (Å²) in [4.78, 5) is 10.3. The van der Waals surface area contributed by atoms with Gasteiger partial charge in [-0.05, 0) is 32.0 Å². The maximum absolute atomic E-state index is 4.79. The van der Waals surface area contributed by atoms with Crippen molar-refractivity contribution >= 4 is 11.3 Å². The van der Waals surface area contributed by atoms with Crippen molar-refractivity contribution in [2.24, 2.45) is 0 Å². The van der Waals surface area contributed by atoms with Crippen LogP contribution in [-0.4, -0.2) is 17.0 Å².